The molecule has 1 aromatic carbocycles. The molecule has 1 aliphatic heterocycles. The second-order valence-electron chi connectivity index (χ2n) is 14.5. The number of carbonyl (C=O) groups is 2. The summed E-state index contributed by atoms with van der Waals surface area (Å²) in [4.78, 5) is 46.1. The highest BCUT2D eigenvalue weighted by molar-refractivity contribution is 6.12. The fourth-order valence-electron chi connectivity index (χ4n) is 5.77. The van der Waals surface area contributed by atoms with Crippen molar-refractivity contribution in [3.8, 4) is 11.3 Å². The molecule has 3 N–H and O–H groups in total. The molecule has 2 amide bonds. The van der Waals surface area contributed by atoms with Crippen LogP contribution in [0.5, 0.6) is 0 Å². The number of benzene rings is 1. The van der Waals surface area contributed by atoms with Crippen LogP contribution in [0.2, 0.25) is 0 Å². The molecule has 0 saturated carbocycles. The number of aliphatic hydroxyl groups excluding tert-OH is 1. The number of imide groups is 1. The van der Waals surface area contributed by atoms with Gasteiger partial charge >= 0.3 is 12.2 Å². The molecule has 5 rings (SSSR count). The minimum Gasteiger partial charge on any atom is -0.443 e. The van der Waals surface area contributed by atoms with E-state index in [2.05, 4.69) is 19.9 Å². The molecule has 2 atom stereocenters. The lowest BCUT2D eigenvalue weighted by Gasteiger charge is -2.44. The number of hydrogen-bond acceptors (Lipinski definition) is 11. The van der Waals surface area contributed by atoms with Gasteiger partial charge in [-0.25, -0.2) is 46.5 Å². The van der Waals surface area contributed by atoms with Gasteiger partial charge in [-0.3, -0.25) is 4.98 Å². The van der Waals surface area contributed by atoms with Gasteiger partial charge in [0.1, 0.15) is 29.5 Å². The van der Waals surface area contributed by atoms with Crippen LogP contribution in [0, 0.1) is 17.5 Å². The summed E-state index contributed by atoms with van der Waals surface area (Å²) in [6, 6.07) is 2.46. The number of alkyl halides is 2. The van der Waals surface area contributed by atoms with Gasteiger partial charge < -0.3 is 29.8 Å². The van der Waals surface area contributed by atoms with Crippen molar-refractivity contribution in [2.45, 2.75) is 90.2 Å². The zero-order valence-electron chi connectivity index (χ0n) is 29.3. The molecule has 18 heteroatoms. The third kappa shape index (κ3) is 8.22. The summed E-state index contributed by atoms with van der Waals surface area (Å²) in [6.45, 7) is 9.67. The standard InChI is InChI=1S/C34H39F5N8O5/c1-32(2,3)51-30(49)47(31(50)52-33(4,5)6)29-25-28(42-16-43-29)46(17-44-25)14-18-10-23(19-11-21(36)22(37)12-20(19)35)41-13-24(18)45-9-7-8-34(40,15-45)26(48)27(38)39/h10-13,16-17,26-27,48H,7-9,14-15,40H2,1-6H3/t26-,34+/m0/s1. The van der Waals surface area contributed by atoms with Crippen LogP contribution in [-0.2, 0) is 16.0 Å². The van der Waals surface area contributed by atoms with Crippen LogP contribution in [0.4, 0.5) is 43.0 Å². The first-order chi connectivity index (χ1) is 24.2. The molecule has 3 aromatic heterocycles. The molecule has 4 aromatic rings. The van der Waals surface area contributed by atoms with Crippen molar-refractivity contribution in [2.24, 2.45) is 5.73 Å². The first-order valence-corrected chi connectivity index (χ1v) is 16.2. The molecule has 13 nitrogen and oxygen atoms in total. The van der Waals surface area contributed by atoms with Crippen LogP contribution < -0.4 is 15.5 Å². The van der Waals surface area contributed by atoms with Crippen molar-refractivity contribution in [3.63, 3.8) is 0 Å². The molecular formula is C34H39F5N8O5. The van der Waals surface area contributed by atoms with Crippen LogP contribution in [0.15, 0.2) is 37.1 Å². The number of anilines is 2. The predicted octanol–water partition coefficient (Wildman–Crippen LogP) is 5.95. The summed E-state index contributed by atoms with van der Waals surface area (Å²) >= 11 is 0. The number of amides is 2. The number of rotatable bonds is 7. The maximum absolute atomic E-state index is 14.9. The van der Waals surface area contributed by atoms with E-state index < -0.39 is 58.9 Å². The van der Waals surface area contributed by atoms with E-state index in [1.165, 1.54) is 23.2 Å². The van der Waals surface area contributed by atoms with Gasteiger partial charge in [-0.1, -0.05) is 0 Å². The highest BCUT2D eigenvalue weighted by Gasteiger charge is 2.43. The van der Waals surface area contributed by atoms with Crippen molar-refractivity contribution in [1.82, 2.24) is 24.5 Å². The molecule has 1 aliphatic rings. The van der Waals surface area contributed by atoms with Crippen LogP contribution in [-0.4, -0.2) is 84.2 Å². The number of pyridine rings is 1. The van der Waals surface area contributed by atoms with Gasteiger partial charge in [0.15, 0.2) is 28.6 Å². The number of aromatic nitrogens is 5. The van der Waals surface area contributed by atoms with Crippen LogP contribution in [0.3, 0.4) is 0 Å². The van der Waals surface area contributed by atoms with Gasteiger partial charge in [-0.2, -0.15) is 4.90 Å². The second kappa shape index (κ2) is 14.2. The molecule has 280 valence electrons. The average Bonchev–Trinajstić information content (AvgIpc) is 3.44. The first-order valence-electron chi connectivity index (χ1n) is 16.2. The molecule has 4 heterocycles. The molecule has 0 aliphatic carbocycles. The summed E-state index contributed by atoms with van der Waals surface area (Å²) < 4.78 is 82.7. The lowest BCUT2D eigenvalue weighted by Crippen LogP contribution is -2.63. The van der Waals surface area contributed by atoms with Gasteiger partial charge in [-0.15, -0.1) is 0 Å². The van der Waals surface area contributed by atoms with Crippen LogP contribution in [0.25, 0.3) is 22.4 Å². The maximum atomic E-state index is 14.9. The number of ether oxygens (including phenoxy) is 2. The van der Waals surface area contributed by atoms with E-state index >= 15 is 0 Å². The highest BCUT2D eigenvalue weighted by atomic mass is 19.3. The SMILES string of the molecule is CC(C)(C)OC(=O)N(C(=O)OC(C)(C)C)c1ncnc2c1ncn2Cc1cc(-c2cc(F)c(F)cc2F)ncc1N1CCC[C@](N)([C@@H](O)C(F)F)C1. The van der Waals surface area contributed by atoms with Crippen LogP contribution >= 0.6 is 0 Å². The number of fused-ring (bicyclic) bond motifs is 1. The number of halogens is 5. The summed E-state index contributed by atoms with van der Waals surface area (Å²) in [6.07, 6.45) is -3.25. The van der Waals surface area contributed by atoms with E-state index in [1.807, 2.05) is 0 Å². The largest absolute Gasteiger partial charge is 0.443 e. The first kappa shape index (κ1) is 38.3. The zero-order chi connectivity index (χ0) is 38.3. The van der Waals surface area contributed by atoms with Crippen molar-refractivity contribution in [2.75, 3.05) is 22.9 Å². The van der Waals surface area contributed by atoms with Gasteiger partial charge in [0.25, 0.3) is 6.43 Å². The van der Waals surface area contributed by atoms with Crippen molar-refractivity contribution in [1.29, 1.82) is 0 Å². The van der Waals surface area contributed by atoms with Gasteiger partial charge in [0.05, 0.1) is 36.0 Å². The Kier molecular flexibility index (Phi) is 10.5. The van der Waals surface area contributed by atoms with Crippen molar-refractivity contribution >= 4 is 34.9 Å². The lowest BCUT2D eigenvalue weighted by molar-refractivity contribution is -0.0529. The minimum atomic E-state index is -3.10. The predicted molar refractivity (Wildman–Crippen MR) is 179 cm³/mol. The zero-order valence-corrected chi connectivity index (χ0v) is 29.3. The molecule has 0 spiro atoms. The van der Waals surface area contributed by atoms with E-state index in [-0.39, 0.29) is 47.7 Å². The number of imidazole rings is 1. The number of piperidine rings is 1. The normalized spacial score (nSPS) is 17.4. The number of aliphatic hydroxyl groups is 1. The topological polar surface area (TPSA) is 162 Å². The Hall–Kier alpha value is -4.97. The summed E-state index contributed by atoms with van der Waals surface area (Å²) in [5.74, 6) is -4.04. The smallest absolute Gasteiger partial charge is 0.425 e. The molecular weight excluding hydrogens is 695 g/mol. The quantitative estimate of drug-likeness (QED) is 0.170. The summed E-state index contributed by atoms with van der Waals surface area (Å²) in [5.41, 5.74) is 2.98. The monoisotopic (exact) mass is 734 g/mol. The molecule has 1 fully saturated rings. The fraction of sp³-hybridized carbons (Fsp3) is 0.471. The van der Waals surface area contributed by atoms with Gasteiger partial charge in [0, 0.05) is 24.7 Å². The summed E-state index contributed by atoms with van der Waals surface area (Å²) in [5, 5.41) is 10.3. The molecule has 0 bridgehead atoms. The number of hydrogen-bond donors (Lipinski definition) is 2. The number of carbonyl (C=O) groups excluding carboxylic acids is 2. The molecule has 0 unspecified atom stereocenters. The van der Waals surface area contributed by atoms with Crippen molar-refractivity contribution in [3.05, 3.63) is 60.1 Å². The Morgan fingerprint density at radius 3 is 2.21 bits per heavy atom. The van der Waals surface area contributed by atoms with Gasteiger partial charge in [-0.05, 0) is 72.1 Å². The highest BCUT2D eigenvalue weighted by Crippen LogP contribution is 2.35. The van der Waals surface area contributed by atoms with E-state index in [0.717, 1.165) is 6.33 Å². The molecule has 0 radical (unpaired) electrons. The Bertz CT molecular complexity index is 1950. The fourth-order valence-corrected chi connectivity index (χ4v) is 5.77. The Balaban J connectivity index is 1.62. The third-order valence-corrected chi connectivity index (χ3v) is 8.06. The lowest BCUT2D eigenvalue weighted by atomic mass is 9.84. The number of nitrogens with zero attached hydrogens (tertiary/aromatic N) is 7. The average molecular weight is 735 g/mol. The van der Waals surface area contributed by atoms with Crippen molar-refractivity contribution < 1.29 is 46.1 Å². The Labute approximate surface area is 295 Å². The molecule has 52 heavy (non-hydrogen) atoms. The second-order valence-corrected chi connectivity index (χ2v) is 14.5. The Morgan fingerprint density at radius 2 is 1.60 bits per heavy atom. The number of nitrogens with two attached hydrogens (primary N) is 1. The van der Waals surface area contributed by atoms with E-state index in [0.29, 0.717) is 41.2 Å². The third-order valence-electron chi connectivity index (χ3n) is 8.06. The van der Waals surface area contributed by atoms with E-state index in [1.54, 1.807) is 46.4 Å². The summed E-state index contributed by atoms with van der Waals surface area (Å²) in [7, 11) is 0. The Morgan fingerprint density at radius 1 is 0.962 bits per heavy atom. The van der Waals surface area contributed by atoms with E-state index in [4.69, 9.17) is 15.2 Å². The van der Waals surface area contributed by atoms with Crippen LogP contribution in [0.1, 0.15) is 59.9 Å². The maximum Gasteiger partial charge on any atom is 0.425 e. The molecule has 1 saturated heterocycles. The minimum absolute atomic E-state index is 0.0132. The van der Waals surface area contributed by atoms with E-state index in [9.17, 15) is 36.6 Å². The van der Waals surface area contributed by atoms with Gasteiger partial charge in [0.2, 0.25) is 0 Å².